The van der Waals surface area contributed by atoms with E-state index in [1.165, 1.54) is 4.90 Å². The van der Waals surface area contributed by atoms with Crippen LogP contribution in [-0.2, 0) is 16.1 Å². The van der Waals surface area contributed by atoms with E-state index in [4.69, 9.17) is 16.3 Å². The molecule has 8 heteroatoms. The Bertz CT molecular complexity index is 992. The van der Waals surface area contributed by atoms with Gasteiger partial charge in [0.05, 0.1) is 18.4 Å². The molecule has 2 aromatic carbocycles. The van der Waals surface area contributed by atoms with Crippen molar-refractivity contribution in [2.24, 2.45) is 0 Å². The van der Waals surface area contributed by atoms with Crippen LogP contribution in [0.2, 0.25) is 5.02 Å². The maximum Gasteiger partial charge on any atom is 0.256 e. The number of fused-ring (bicyclic) bond motifs is 2. The topological polar surface area (TPSA) is 79.0 Å². The van der Waals surface area contributed by atoms with Gasteiger partial charge in [-0.2, -0.15) is 0 Å². The SMILES string of the molecule is COc1ccc(CNC(=O)CN2C(=O)[C@H]3CCCN3C(=O)c3cc(Cl)ccc32)cc1. The number of ether oxygens (including phenoxy) is 1. The van der Waals surface area contributed by atoms with Crippen LogP contribution in [0.25, 0.3) is 0 Å². The van der Waals surface area contributed by atoms with Gasteiger partial charge < -0.3 is 19.9 Å². The number of nitrogens with one attached hydrogen (secondary N) is 1. The molecule has 1 fully saturated rings. The van der Waals surface area contributed by atoms with Crippen molar-refractivity contribution in [1.29, 1.82) is 0 Å². The number of hydrogen-bond acceptors (Lipinski definition) is 4. The Hall–Kier alpha value is -3.06. The fraction of sp³-hybridized carbons (Fsp3) is 0.318. The lowest BCUT2D eigenvalue weighted by Gasteiger charge is -2.25. The van der Waals surface area contributed by atoms with Gasteiger partial charge in [-0.3, -0.25) is 14.4 Å². The maximum absolute atomic E-state index is 13.2. The summed E-state index contributed by atoms with van der Waals surface area (Å²) in [6.07, 6.45) is 1.35. The van der Waals surface area contributed by atoms with Crippen LogP contribution in [0, 0.1) is 0 Å². The van der Waals surface area contributed by atoms with Crippen molar-refractivity contribution in [3.05, 3.63) is 58.6 Å². The van der Waals surface area contributed by atoms with Gasteiger partial charge in [0, 0.05) is 18.1 Å². The first-order chi connectivity index (χ1) is 14.5. The number of methoxy groups -OCH3 is 1. The molecule has 0 saturated carbocycles. The third kappa shape index (κ3) is 3.85. The summed E-state index contributed by atoms with van der Waals surface area (Å²) >= 11 is 6.10. The van der Waals surface area contributed by atoms with Crippen molar-refractivity contribution in [3.63, 3.8) is 0 Å². The van der Waals surface area contributed by atoms with Crippen LogP contribution in [0.15, 0.2) is 42.5 Å². The second-order valence-electron chi connectivity index (χ2n) is 7.37. The van der Waals surface area contributed by atoms with Gasteiger partial charge in [-0.25, -0.2) is 0 Å². The van der Waals surface area contributed by atoms with Gasteiger partial charge in [0.25, 0.3) is 5.91 Å². The number of benzene rings is 2. The lowest BCUT2D eigenvalue weighted by Crippen LogP contribution is -2.48. The summed E-state index contributed by atoms with van der Waals surface area (Å²) in [6.45, 7) is 0.687. The minimum atomic E-state index is -0.543. The number of anilines is 1. The first-order valence-corrected chi connectivity index (χ1v) is 10.2. The zero-order chi connectivity index (χ0) is 21.3. The normalized spacial score (nSPS) is 18.0. The predicted octanol–water partition coefficient (Wildman–Crippen LogP) is 2.62. The maximum atomic E-state index is 13.2. The van der Waals surface area contributed by atoms with Crippen molar-refractivity contribution < 1.29 is 19.1 Å². The smallest absolute Gasteiger partial charge is 0.256 e. The molecule has 0 aliphatic carbocycles. The van der Waals surface area contributed by atoms with Crippen LogP contribution in [0.3, 0.4) is 0 Å². The zero-order valence-corrected chi connectivity index (χ0v) is 17.3. The molecule has 7 nitrogen and oxygen atoms in total. The zero-order valence-electron chi connectivity index (χ0n) is 16.6. The largest absolute Gasteiger partial charge is 0.497 e. The fourth-order valence-electron chi connectivity index (χ4n) is 3.94. The highest BCUT2D eigenvalue weighted by molar-refractivity contribution is 6.31. The summed E-state index contributed by atoms with van der Waals surface area (Å²) in [5, 5.41) is 3.25. The molecule has 2 aliphatic rings. The average molecular weight is 428 g/mol. The van der Waals surface area contributed by atoms with Gasteiger partial charge in [-0.15, -0.1) is 0 Å². The van der Waals surface area contributed by atoms with E-state index in [0.717, 1.165) is 17.7 Å². The third-order valence-corrected chi connectivity index (χ3v) is 5.73. The second-order valence-corrected chi connectivity index (χ2v) is 7.80. The van der Waals surface area contributed by atoms with Crippen LogP contribution in [0.5, 0.6) is 5.75 Å². The number of carbonyl (C=O) groups excluding carboxylic acids is 3. The van der Waals surface area contributed by atoms with Crippen molar-refractivity contribution in [3.8, 4) is 5.75 Å². The van der Waals surface area contributed by atoms with Gasteiger partial charge in [0.2, 0.25) is 11.8 Å². The summed E-state index contributed by atoms with van der Waals surface area (Å²) in [7, 11) is 1.59. The van der Waals surface area contributed by atoms with E-state index in [2.05, 4.69) is 5.32 Å². The van der Waals surface area contributed by atoms with Crippen molar-refractivity contribution in [1.82, 2.24) is 10.2 Å². The van der Waals surface area contributed by atoms with Gasteiger partial charge in [-0.1, -0.05) is 23.7 Å². The predicted molar refractivity (Wildman–Crippen MR) is 113 cm³/mol. The number of nitrogens with zero attached hydrogens (tertiary/aromatic N) is 2. The Kier molecular flexibility index (Phi) is 5.63. The van der Waals surface area contributed by atoms with E-state index in [-0.39, 0.29) is 24.3 Å². The van der Waals surface area contributed by atoms with E-state index < -0.39 is 6.04 Å². The lowest BCUT2D eigenvalue weighted by molar-refractivity contribution is -0.125. The molecule has 1 atom stereocenters. The first kappa shape index (κ1) is 20.2. The average Bonchev–Trinajstić information content (AvgIpc) is 3.23. The number of hydrogen-bond donors (Lipinski definition) is 1. The lowest BCUT2D eigenvalue weighted by atomic mass is 10.1. The Morgan fingerprint density at radius 3 is 2.70 bits per heavy atom. The van der Waals surface area contributed by atoms with Crippen molar-refractivity contribution in [2.75, 3.05) is 25.1 Å². The highest BCUT2D eigenvalue weighted by atomic mass is 35.5. The molecule has 156 valence electrons. The quantitative estimate of drug-likeness (QED) is 0.795. The molecule has 2 aromatic rings. The highest BCUT2D eigenvalue weighted by Gasteiger charge is 2.42. The molecule has 2 heterocycles. The van der Waals surface area contributed by atoms with Crippen LogP contribution in [-0.4, -0.2) is 48.9 Å². The third-order valence-electron chi connectivity index (χ3n) is 5.50. The van der Waals surface area contributed by atoms with Gasteiger partial charge in [0.1, 0.15) is 18.3 Å². The van der Waals surface area contributed by atoms with Gasteiger partial charge >= 0.3 is 0 Å². The standard InChI is InChI=1S/C22H22ClN3O4/c1-30-16-7-4-14(5-8-16)12-24-20(27)13-26-18-9-6-15(23)11-17(18)21(28)25-10-2-3-19(25)22(26)29/h4-9,11,19H,2-3,10,12-13H2,1H3,(H,24,27)/t19-/m1/s1. The molecule has 1 saturated heterocycles. The molecular weight excluding hydrogens is 406 g/mol. The van der Waals surface area contributed by atoms with E-state index in [1.54, 1.807) is 30.2 Å². The molecular formula is C22H22ClN3O4. The number of halogens is 1. The minimum absolute atomic E-state index is 0.165. The fourth-order valence-corrected chi connectivity index (χ4v) is 4.11. The number of rotatable bonds is 5. The molecule has 0 unspecified atom stereocenters. The molecule has 2 aliphatic heterocycles. The summed E-state index contributed by atoms with van der Waals surface area (Å²) < 4.78 is 5.13. The molecule has 4 rings (SSSR count). The number of carbonyl (C=O) groups is 3. The summed E-state index contributed by atoms with van der Waals surface area (Å²) in [5.74, 6) is -0.0220. The monoisotopic (exact) mass is 427 g/mol. The molecule has 30 heavy (non-hydrogen) atoms. The van der Waals surface area contributed by atoms with Crippen LogP contribution < -0.4 is 15.0 Å². The minimum Gasteiger partial charge on any atom is -0.497 e. The molecule has 0 aromatic heterocycles. The van der Waals surface area contributed by atoms with Crippen molar-refractivity contribution >= 4 is 35.0 Å². The Morgan fingerprint density at radius 1 is 1.20 bits per heavy atom. The first-order valence-electron chi connectivity index (χ1n) is 9.79. The summed E-state index contributed by atoms with van der Waals surface area (Å²) in [5.41, 5.74) is 1.68. The second kappa shape index (κ2) is 8.36. The van der Waals surface area contributed by atoms with E-state index >= 15 is 0 Å². The molecule has 0 spiro atoms. The molecule has 1 N–H and O–H groups in total. The Labute approximate surface area is 179 Å². The molecule has 3 amide bonds. The van der Waals surface area contributed by atoms with Crippen LogP contribution in [0.4, 0.5) is 5.69 Å². The van der Waals surface area contributed by atoms with E-state index in [1.807, 2.05) is 24.3 Å². The van der Waals surface area contributed by atoms with Crippen molar-refractivity contribution in [2.45, 2.75) is 25.4 Å². The van der Waals surface area contributed by atoms with Crippen LogP contribution >= 0.6 is 11.6 Å². The van der Waals surface area contributed by atoms with Crippen LogP contribution in [0.1, 0.15) is 28.8 Å². The molecule has 0 radical (unpaired) electrons. The Balaban J connectivity index is 1.54. The van der Waals surface area contributed by atoms with E-state index in [0.29, 0.717) is 35.8 Å². The van der Waals surface area contributed by atoms with Gasteiger partial charge in [0.15, 0.2) is 0 Å². The summed E-state index contributed by atoms with van der Waals surface area (Å²) in [4.78, 5) is 41.9. The van der Waals surface area contributed by atoms with Gasteiger partial charge in [-0.05, 0) is 48.7 Å². The summed E-state index contributed by atoms with van der Waals surface area (Å²) in [6, 6.07) is 11.6. The van der Waals surface area contributed by atoms with E-state index in [9.17, 15) is 14.4 Å². The highest BCUT2D eigenvalue weighted by Crippen LogP contribution is 2.33. The Morgan fingerprint density at radius 2 is 1.97 bits per heavy atom. The molecule has 0 bridgehead atoms. The number of amides is 3.